The number of hydrogen-bond donors (Lipinski definition) is 2. The highest BCUT2D eigenvalue weighted by Gasteiger charge is 2.41. The number of ether oxygens (including phenoxy) is 1. The number of nitrogens with zero attached hydrogens (tertiary/aromatic N) is 1. The lowest BCUT2D eigenvalue weighted by Crippen LogP contribution is -2.54. The van der Waals surface area contributed by atoms with Crippen LogP contribution in [0.1, 0.15) is 71.1 Å². The fourth-order valence-electron chi connectivity index (χ4n) is 4.81. The maximum atomic E-state index is 12.5. The van der Waals surface area contributed by atoms with Crippen molar-refractivity contribution in [2.45, 2.75) is 82.8 Å². The van der Waals surface area contributed by atoms with E-state index in [0.29, 0.717) is 12.0 Å². The summed E-state index contributed by atoms with van der Waals surface area (Å²) in [6.45, 7) is 4.71. The molecule has 0 bridgehead atoms. The normalized spacial score (nSPS) is 26.5. The molecule has 1 saturated carbocycles. The molecule has 0 aromatic heterocycles. The smallest absolute Gasteiger partial charge is 0.317 e. The number of rotatable bonds is 4. The standard InChI is InChI=1S/C20H35N3O3/c1-16(24)21-11-7-17-8-14-26-20(15-17)9-12-23(13-10-20)19(25)22-18-5-3-2-4-6-18/h17-18H,2-15H2,1H3,(H,21,24)(H,22,25). The Morgan fingerprint density at radius 1 is 1.12 bits per heavy atom. The number of carbonyl (C=O) groups excluding carboxylic acids is 2. The minimum absolute atomic E-state index is 0.0454. The van der Waals surface area contributed by atoms with Gasteiger partial charge in [-0.15, -0.1) is 0 Å². The second-order valence-electron chi connectivity index (χ2n) is 8.43. The molecule has 0 aromatic carbocycles. The zero-order chi connectivity index (χ0) is 18.4. The topological polar surface area (TPSA) is 70.7 Å². The van der Waals surface area contributed by atoms with E-state index in [4.69, 9.17) is 4.74 Å². The summed E-state index contributed by atoms with van der Waals surface area (Å²) in [5.74, 6) is 0.655. The molecule has 3 amide bonds. The first kappa shape index (κ1) is 19.5. The number of likely N-dealkylation sites (tertiary alicyclic amines) is 1. The highest BCUT2D eigenvalue weighted by molar-refractivity contribution is 5.74. The lowest BCUT2D eigenvalue weighted by atomic mass is 9.78. The van der Waals surface area contributed by atoms with Gasteiger partial charge >= 0.3 is 6.03 Å². The van der Waals surface area contributed by atoms with Crippen molar-refractivity contribution < 1.29 is 14.3 Å². The van der Waals surface area contributed by atoms with E-state index in [-0.39, 0.29) is 17.5 Å². The van der Waals surface area contributed by atoms with Crippen LogP contribution in [0.15, 0.2) is 0 Å². The van der Waals surface area contributed by atoms with Gasteiger partial charge in [-0.2, -0.15) is 0 Å². The van der Waals surface area contributed by atoms with Gasteiger partial charge in [0.25, 0.3) is 0 Å². The van der Waals surface area contributed by atoms with Gasteiger partial charge in [-0.1, -0.05) is 19.3 Å². The number of carbonyl (C=O) groups is 2. The summed E-state index contributed by atoms with van der Waals surface area (Å²) in [5, 5.41) is 6.14. The lowest BCUT2D eigenvalue weighted by molar-refractivity contribution is -0.124. The second-order valence-corrected chi connectivity index (χ2v) is 8.43. The maximum Gasteiger partial charge on any atom is 0.317 e. The predicted octanol–water partition coefficient (Wildman–Crippen LogP) is 2.82. The van der Waals surface area contributed by atoms with E-state index in [1.165, 1.54) is 19.3 Å². The van der Waals surface area contributed by atoms with Gasteiger partial charge in [-0.25, -0.2) is 4.79 Å². The summed E-state index contributed by atoms with van der Waals surface area (Å²) < 4.78 is 6.20. The Labute approximate surface area is 157 Å². The minimum atomic E-state index is -0.0548. The second kappa shape index (κ2) is 9.07. The molecule has 3 aliphatic rings. The molecule has 1 unspecified atom stereocenters. The number of urea groups is 1. The van der Waals surface area contributed by atoms with Crippen molar-refractivity contribution in [3.05, 3.63) is 0 Å². The third-order valence-electron chi connectivity index (χ3n) is 6.42. The molecule has 2 aliphatic heterocycles. The summed E-state index contributed by atoms with van der Waals surface area (Å²) in [6.07, 6.45) is 11.1. The molecule has 0 radical (unpaired) electrons. The largest absolute Gasteiger partial charge is 0.375 e. The van der Waals surface area contributed by atoms with Crippen molar-refractivity contribution >= 4 is 11.9 Å². The number of amides is 3. The molecule has 0 aromatic rings. The molecule has 2 N–H and O–H groups in total. The Bertz CT molecular complexity index is 483. The first-order valence-electron chi connectivity index (χ1n) is 10.5. The van der Waals surface area contributed by atoms with Crippen LogP contribution in [0.25, 0.3) is 0 Å². The highest BCUT2D eigenvalue weighted by Crippen LogP contribution is 2.38. The lowest BCUT2D eigenvalue weighted by Gasteiger charge is -2.46. The summed E-state index contributed by atoms with van der Waals surface area (Å²) in [6, 6.07) is 0.487. The van der Waals surface area contributed by atoms with Crippen molar-refractivity contribution in [3.63, 3.8) is 0 Å². The van der Waals surface area contributed by atoms with Gasteiger partial charge in [0.2, 0.25) is 5.91 Å². The van der Waals surface area contributed by atoms with E-state index in [9.17, 15) is 9.59 Å². The van der Waals surface area contributed by atoms with Crippen LogP contribution in [0, 0.1) is 5.92 Å². The molecule has 6 nitrogen and oxygen atoms in total. The number of piperidine rings is 1. The van der Waals surface area contributed by atoms with Crippen LogP contribution in [0.5, 0.6) is 0 Å². The summed E-state index contributed by atoms with van der Waals surface area (Å²) >= 11 is 0. The Hall–Kier alpha value is -1.30. The molecular formula is C20H35N3O3. The summed E-state index contributed by atoms with van der Waals surface area (Å²) in [4.78, 5) is 25.6. The molecule has 26 heavy (non-hydrogen) atoms. The van der Waals surface area contributed by atoms with Crippen molar-refractivity contribution in [2.75, 3.05) is 26.2 Å². The zero-order valence-electron chi connectivity index (χ0n) is 16.2. The van der Waals surface area contributed by atoms with Crippen molar-refractivity contribution in [3.8, 4) is 0 Å². The quantitative estimate of drug-likeness (QED) is 0.805. The minimum Gasteiger partial charge on any atom is -0.375 e. The van der Waals surface area contributed by atoms with Gasteiger partial charge in [0.05, 0.1) is 5.60 Å². The first-order chi connectivity index (χ1) is 12.6. The van der Waals surface area contributed by atoms with E-state index in [2.05, 4.69) is 10.6 Å². The van der Waals surface area contributed by atoms with Crippen LogP contribution in [0.2, 0.25) is 0 Å². The van der Waals surface area contributed by atoms with Gasteiger partial charge in [0, 0.05) is 39.2 Å². The van der Waals surface area contributed by atoms with Crippen LogP contribution in [0.4, 0.5) is 4.79 Å². The van der Waals surface area contributed by atoms with E-state index >= 15 is 0 Å². The molecule has 1 atom stereocenters. The highest BCUT2D eigenvalue weighted by atomic mass is 16.5. The third kappa shape index (κ3) is 5.35. The van der Waals surface area contributed by atoms with Crippen LogP contribution >= 0.6 is 0 Å². The van der Waals surface area contributed by atoms with E-state index < -0.39 is 0 Å². The Kier molecular flexibility index (Phi) is 6.79. The molecule has 1 spiro atoms. The Morgan fingerprint density at radius 3 is 2.54 bits per heavy atom. The Balaban J connectivity index is 1.42. The molecule has 6 heteroatoms. The van der Waals surface area contributed by atoms with Gasteiger partial charge in [-0.05, 0) is 50.9 Å². The fourth-order valence-corrected chi connectivity index (χ4v) is 4.81. The van der Waals surface area contributed by atoms with Gasteiger partial charge in [0.1, 0.15) is 0 Å². The summed E-state index contributed by atoms with van der Waals surface area (Å²) in [5.41, 5.74) is -0.0548. The maximum absolute atomic E-state index is 12.5. The fraction of sp³-hybridized carbons (Fsp3) is 0.900. The average Bonchev–Trinajstić information content (AvgIpc) is 2.63. The van der Waals surface area contributed by atoms with Crippen molar-refractivity contribution in [1.82, 2.24) is 15.5 Å². The van der Waals surface area contributed by atoms with Crippen LogP contribution < -0.4 is 10.6 Å². The molecule has 3 rings (SSSR count). The third-order valence-corrected chi connectivity index (χ3v) is 6.42. The van der Waals surface area contributed by atoms with Crippen LogP contribution in [-0.2, 0) is 9.53 Å². The van der Waals surface area contributed by atoms with E-state index in [1.54, 1.807) is 6.92 Å². The zero-order valence-corrected chi connectivity index (χ0v) is 16.2. The van der Waals surface area contributed by atoms with Gasteiger partial charge in [-0.3, -0.25) is 4.79 Å². The van der Waals surface area contributed by atoms with Crippen LogP contribution in [0.3, 0.4) is 0 Å². The van der Waals surface area contributed by atoms with Gasteiger partial charge in [0.15, 0.2) is 0 Å². The SMILES string of the molecule is CC(=O)NCCC1CCOC2(CCN(C(=O)NC3CCCCC3)CC2)C1. The number of nitrogens with one attached hydrogen (secondary N) is 2. The summed E-state index contributed by atoms with van der Waals surface area (Å²) in [7, 11) is 0. The predicted molar refractivity (Wildman–Crippen MR) is 101 cm³/mol. The molecule has 3 fully saturated rings. The average molecular weight is 366 g/mol. The first-order valence-corrected chi connectivity index (χ1v) is 10.5. The number of hydrogen-bond acceptors (Lipinski definition) is 3. The van der Waals surface area contributed by atoms with Crippen molar-refractivity contribution in [2.24, 2.45) is 5.92 Å². The van der Waals surface area contributed by atoms with E-state index in [0.717, 1.165) is 71.2 Å². The monoisotopic (exact) mass is 365 g/mol. The van der Waals surface area contributed by atoms with Gasteiger partial charge < -0.3 is 20.3 Å². The van der Waals surface area contributed by atoms with Crippen molar-refractivity contribution in [1.29, 1.82) is 0 Å². The molecular weight excluding hydrogens is 330 g/mol. The molecule has 2 saturated heterocycles. The van der Waals surface area contributed by atoms with E-state index in [1.807, 2.05) is 4.90 Å². The molecule has 2 heterocycles. The molecule has 148 valence electrons. The van der Waals surface area contributed by atoms with Crippen LogP contribution in [-0.4, -0.2) is 54.7 Å². The Morgan fingerprint density at radius 2 is 1.85 bits per heavy atom. The molecule has 1 aliphatic carbocycles.